The van der Waals surface area contributed by atoms with E-state index in [2.05, 4.69) is 38.0 Å². The molecule has 1 saturated heterocycles. The van der Waals surface area contributed by atoms with E-state index in [4.69, 9.17) is 4.74 Å². The van der Waals surface area contributed by atoms with Crippen LogP contribution in [0, 0.1) is 5.41 Å². The Hall–Kier alpha value is -0.120. The number of hydrogen-bond donors (Lipinski definition) is 1. The molecular formula is C14H30N2O. The molecule has 0 spiro atoms. The van der Waals surface area contributed by atoms with E-state index >= 15 is 0 Å². The van der Waals surface area contributed by atoms with E-state index in [0.29, 0.717) is 6.04 Å². The van der Waals surface area contributed by atoms with Crippen molar-refractivity contribution in [1.29, 1.82) is 0 Å². The molecule has 0 bridgehead atoms. The number of likely N-dealkylation sites (tertiary alicyclic amines) is 1. The summed E-state index contributed by atoms with van der Waals surface area (Å²) in [6.07, 6.45) is 4.00. The van der Waals surface area contributed by atoms with Crippen molar-refractivity contribution >= 4 is 0 Å². The maximum absolute atomic E-state index is 5.92. The highest BCUT2D eigenvalue weighted by Gasteiger charge is 2.21. The van der Waals surface area contributed by atoms with Crippen LogP contribution in [0.1, 0.15) is 40.0 Å². The molecule has 1 N–H and O–H groups in total. The predicted molar refractivity (Wildman–Crippen MR) is 73.4 cm³/mol. The molecular weight excluding hydrogens is 212 g/mol. The highest BCUT2D eigenvalue weighted by atomic mass is 16.5. The molecule has 17 heavy (non-hydrogen) atoms. The SMILES string of the molecule is CCNCC(C)(C)COCC1CCCCN1C. The Kier molecular flexibility index (Phi) is 6.45. The number of ether oxygens (including phenoxy) is 1. The summed E-state index contributed by atoms with van der Waals surface area (Å²) in [5.74, 6) is 0. The van der Waals surface area contributed by atoms with Gasteiger partial charge in [-0.3, -0.25) is 0 Å². The maximum atomic E-state index is 5.92. The summed E-state index contributed by atoms with van der Waals surface area (Å²) in [6, 6.07) is 0.638. The van der Waals surface area contributed by atoms with Crippen molar-refractivity contribution in [1.82, 2.24) is 10.2 Å². The van der Waals surface area contributed by atoms with Crippen LogP contribution < -0.4 is 5.32 Å². The molecule has 0 radical (unpaired) electrons. The second kappa shape index (κ2) is 7.34. The first kappa shape index (κ1) is 14.9. The fraction of sp³-hybridized carbons (Fsp3) is 1.00. The lowest BCUT2D eigenvalue weighted by molar-refractivity contribution is 0.0150. The van der Waals surface area contributed by atoms with Crippen molar-refractivity contribution in [2.45, 2.75) is 46.1 Å². The zero-order valence-corrected chi connectivity index (χ0v) is 12.1. The monoisotopic (exact) mass is 242 g/mol. The minimum atomic E-state index is 0.239. The van der Waals surface area contributed by atoms with E-state index in [9.17, 15) is 0 Å². The third kappa shape index (κ3) is 5.84. The average molecular weight is 242 g/mol. The summed E-state index contributed by atoms with van der Waals surface area (Å²) in [5, 5.41) is 3.40. The molecule has 1 heterocycles. The molecule has 1 aliphatic heterocycles. The number of piperidine rings is 1. The second-order valence-corrected chi connectivity index (χ2v) is 6.09. The molecule has 0 saturated carbocycles. The Morgan fingerprint density at radius 1 is 1.35 bits per heavy atom. The Labute approximate surface area is 107 Å². The van der Waals surface area contributed by atoms with Gasteiger partial charge in [0.25, 0.3) is 0 Å². The Morgan fingerprint density at radius 3 is 2.76 bits per heavy atom. The highest BCUT2D eigenvalue weighted by molar-refractivity contribution is 4.75. The van der Waals surface area contributed by atoms with Gasteiger partial charge in [0.2, 0.25) is 0 Å². The minimum absolute atomic E-state index is 0.239. The fourth-order valence-electron chi connectivity index (χ4n) is 2.34. The highest BCUT2D eigenvalue weighted by Crippen LogP contribution is 2.18. The summed E-state index contributed by atoms with van der Waals surface area (Å²) in [5.41, 5.74) is 0.239. The lowest BCUT2D eigenvalue weighted by atomic mass is 9.95. The van der Waals surface area contributed by atoms with E-state index in [0.717, 1.165) is 26.3 Å². The van der Waals surface area contributed by atoms with Crippen molar-refractivity contribution in [2.24, 2.45) is 5.41 Å². The van der Waals surface area contributed by atoms with Gasteiger partial charge in [0.15, 0.2) is 0 Å². The van der Waals surface area contributed by atoms with Gasteiger partial charge in [-0.05, 0) is 33.0 Å². The lowest BCUT2D eigenvalue weighted by Gasteiger charge is -2.33. The molecule has 0 aromatic carbocycles. The van der Waals surface area contributed by atoms with Gasteiger partial charge in [-0.1, -0.05) is 27.2 Å². The molecule has 0 aromatic heterocycles. The van der Waals surface area contributed by atoms with Crippen molar-refractivity contribution < 1.29 is 4.74 Å². The molecule has 3 heteroatoms. The summed E-state index contributed by atoms with van der Waals surface area (Å²) in [7, 11) is 2.22. The number of nitrogens with one attached hydrogen (secondary N) is 1. The van der Waals surface area contributed by atoms with Crippen LogP contribution in [0.4, 0.5) is 0 Å². The molecule has 3 nitrogen and oxygen atoms in total. The first-order chi connectivity index (χ1) is 8.05. The van der Waals surface area contributed by atoms with Crippen LogP contribution in [0.5, 0.6) is 0 Å². The van der Waals surface area contributed by atoms with E-state index < -0.39 is 0 Å². The van der Waals surface area contributed by atoms with Crippen LogP contribution in [-0.2, 0) is 4.74 Å². The fourth-order valence-corrected chi connectivity index (χ4v) is 2.34. The Balaban J connectivity index is 2.17. The van der Waals surface area contributed by atoms with Crippen LogP contribution >= 0.6 is 0 Å². The van der Waals surface area contributed by atoms with Gasteiger partial charge in [-0.2, -0.15) is 0 Å². The van der Waals surface area contributed by atoms with Crippen molar-refractivity contribution in [3.8, 4) is 0 Å². The zero-order valence-electron chi connectivity index (χ0n) is 12.1. The van der Waals surface area contributed by atoms with Gasteiger partial charge in [-0.15, -0.1) is 0 Å². The molecule has 102 valence electrons. The largest absolute Gasteiger partial charge is 0.379 e. The van der Waals surface area contributed by atoms with E-state index in [1.54, 1.807) is 0 Å². The lowest BCUT2D eigenvalue weighted by Crippen LogP contribution is -2.41. The molecule has 1 atom stereocenters. The zero-order chi connectivity index (χ0) is 12.7. The molecule has 1 fully saturated rings. The van der Waals surface area contributed by atoms with Gasteiger partial charge in [0, 0.05) is 18.0 Å². The molecule has 1 aliphatic rings. The first-order valence-corrected chi connectivity index (χ1v) is 7.04. The molecule has 0 amide bonds. The number of nitrogens with zero attached hydrogens (tertiary/aromatic N) is 1. The molecule has 1 unspecified atom stereocenters. The van der Waals surface area contributed by atoms with Crippen molar-refractivity contribution in [3.63, 3.8) is 0 Å². The summed E-state index contributed by atoms with van der Waals surface area (Å²) < 4.78 is 5.92. The third-order valence-corrected chi connectivity index (χ3v) is 3.58. The van der Waals surface area contributed by atoms with Gasteiger partial charge >= 0.3 is 0 Å². The van der Waals surface area contributed by atoms with Crippen LogP contribution in [0.15, 0.2) is 0 Å². The topological polar surface area (TPSA) is 24.5 Å². The summed E-state index contributed by atoms with van der Waals surface area (Å²) in [6.45, 7) is 11.7. The maximum Gasteiger partial charge on any atom is 0.0621 e. The van der Waals surface area contributed by atoms with E-state index in [1.807, 2.05) is 0 Å². The van der Waals surface area contributed by atoms with Crippen LogP contribution in [-0.4, -0.2) is 50.8 Å². The first-order valence-electron chi connectivity index (χ1n) is 7.04. The standard InChI is InChI=1S/C14H30N2O/c1-5-15-11-14(2,3)12-17-10-13-8-6-7-9-16(13)4/h13,15H,5-12H2,1-4H3. The molecule has 0 aliphatic carbocycles. The normalized spacial score (nSPS) is 22.9. The number of likely N-dealkylation sites (N-methyl/N-ethyl adjacent to an activating group) is 1. The van der Waals surface area contributed by atoms with Gasteiger partial charge in [0.05, 0.1) is 13.2 Å². The average Bonchev–Trinajstić information content (AvgIpc) is 2.29. The second-order valence-electron chi connectivity index (χ2n) is 6.09. The minimum Gasteiger partial charge on any atom is -0.379 e. The van der Waals surface area contributed by atoms with Crippen LogP contribution in [0.2, 0.25) is 0 Å². The van der Waals surface area contributed by atoms with Crippen LogP contribution in [0.3, 0.4) is 0 Å². The van der Waals surface area contributed by atoms with Gasteiger partial charge in [-0.25, -0.2) is 0 Å². The van der Waals surface area contributed by atoms with Crippen molar-refractivity contribution in [3.05, 3.63) is 0 Å². The summed E-state index contributed by atoms with van der Waals surface area (Å²) >= 11 is 0. The number of rotatable bonds is 7. The van der Waals surface area contributed by atoms with Crippen molar-refractivity contribution in [2.75, 3.05) is 39.9 Å². The van der Waals surface area contributed by atoms with Gasteiger partial charge in [0.1, 0.15) is 0 Å². The van der Waals surface area contributed by atoms with Crippen LogP contribution in [0.25, 0.3) is 0 Å². The van der Waals surface area contributed by atoms with E-state index in [-0.39, 0.29) is 5.41 Å². The smallest absolute Gasteiger partial charge is 0.0621 e. The predicted octanol–water partition coefficient (Wildman–Crippen LogP) is 2.12. The Bertz CT molecular complexity index is 206. The molecule has 0 aromatic rings. The summed E-state index contributed by atoms with van der Waals surface area (Å²) in [4.78, 5) is 2.45. The number of hydrogen-bond acceptors (Lipinski definition) is 3. The van der Waals surface area contributed by atoms with Gasteiger partial charge < -0.3 is 15.0 Å². The molecule has 1 rings (SSSR count). The Morgan fingerprint density at radius 2 is 2.12 bits per heavy atom. The third-order valence-electron chi connectivity index (χ3n) is 3.58. The quantitative estimate of drug-likeness (QED) is 0.740. The van der Waals surface area contributed by atoms with E-state index in [1.165, 1.54) is 25.8 Å².